The number of halogens is 2. The molecule has 3 aromatic rings. The van der Waals surface area contributed by atoms with Gasteiger partial charge in [-0.2, -0.15) is 0 Å². The van der Waals surface area contributed by atoms with Crippen LogP contribution < -0.4 is 0 Å². The molecule has 0 aliphatic carbocycles. The molecule has 2 aromatic heterocycles. The molecule has 1 aromatic carbocycles. The predicted octanol–water partition coefficient (Wildman–Crippen LogP) is 4.13. The van der Waals surface area contributed by atoms with E-state index in [2.05, 4.69) is 30.9 Å². The first-order chi connectivity index (χ1) is 8.76. The maximum absolute atomic E-state index is 5.77. The van der Waals surface area contributed by atoms with E-state index in [1.54, 1.807) is 6.20 Å². The molecule has 5 heteroatoms. The lowest BCUT2D eigenvalue weighted by Crippen LogP contribution is -1.82. The third kappa shape index (κ3) is 2.13. The second-order valence-electron chi connectivity index (χ2n) is 3.94. The van der Waals surface area contributed by atoms with Crippen molar-refractivity contribution in [1.82, 2.24) is 15.0 Å². The molecule has 0 atom stereocenters. The molecular weight excluding hydrogens is 314 g/mol. The van der Waals surface area contributed by atoms with Gasteiger partial charge in [0.05, 0.1) is 5.52 Å². The molecule has 90 valence electrons. The maximum Gasteiger partial charge on any atom is 0.178 e. The Kier molecular flexibility index (Phi) is 3.06. The van der Waals surface area contributed by atoms with Gasteiger partial charge in [-0.25, -0.2) is 9.97 Å². The average Bonchev–Trinajstić information content (AvgIpc) is 2.81. The van der Waals surface area contributed by atoms with Crippen LogP contribution in [0.5, 0.6) is 0 Å². The van der Waals surface area contributed by atoms with Crippen molar-refractivity contribution in [3.63, 3.8) is 0 Å². The van der Waals surface area contributed by atoms with E-state index in [4.69, 9.17) is 11.6 Å². The largest absolute Gasteiger partial charge is 0.337 e. The van der Waals surface area contributed by atoms with E-state index < -0.39 is 0 Å². The number of nitrogens with zero attached hydrogens (tertiary/aromatic N) is 2. The molecule has 0 saturated carbocycles. The third-order valence-electron chi connectivity index (χ3n) is 2.69. The molecular formula is C13H9BrClN3. The number of fused-ring (bicyclic) bond motifs is 1. The lowest BCUT2D eigenvalue weighted by Gasteiger charge is -1.98. The molecule has 0 saturated heterocycles. The predicted molar refractivity (Wildman–Crippen MR) is 76.6 cm³/mol. The van der Waals surface area contributed by atoms with Crippen molar-refractivity contribution in [2.75, 3.05) is 0 Å². The molecule has 18 heavy (non-hydrogen) atoms. The highest BCUT2D eigenvalue weighted by molar-refractivity contribution is 9.10. The Morgan fingerprint density at radius 2 is 2.00 bits per heavy atom. The van der Waals surface area contributed by atoms with Crippen LogP contribution in [0.15, 0.2) is 41.0 Å². The molecule has 0 aliphatic heterocycles. The summed E-state index contributed by atoms with van der Waals surface area (Å²) in [6.45, 7) is 0. The summed E-state index contributed by atoms with van der Waals surface area (Å²) in [6, 6.07) is 9.97. The van der Waals surface area contributed by atoms with E-state index in [0.717, 1.165) is 32.6 Å². The first-order valence-electron chi connectivity index (χ1n) is 5.43. The van der Waals surface area contributed by atoms with Crippen molar-refractivity contribution in [3.8, 4) is 11.4 Å². The van der Waals surface area contributed by atoms with Crippen molar-refractivity contribution < 1.29 is 0 Å². The van der Waals surface area contributed by atoms with Gasteiger partial charge in [-0.3, -0.25) is 0 Å². The van der Waals surface area contributed by atoms with Gasteiger partial charge in [0.25, 0.3) is 0 Å². The Labute approximate surface area is 117 Å². The summed E-state index contributed by atoms with van der Waals surface area (Å²) >= 11 is 9.16. The molecule has 0 radical (unpaired) electrons. The molecule has 0 unspecified atom stereocenters. The van der Waals surface area contributed by atoms with Crippen LogP contribution in [0.1, 0.15) is 5.56 Å². The zero-order chi connectivity index (χ0) is 12.5. The van der Waals surface area contributed by atoms with Gasteiger partial charge in [0, 0.05) is 22.1 Å². The minimum absolute atomic E-state index is 0.523. The molecule has 0 bridgehead atoms. The lowest BCUT2D eigenvalue weighted by molar-refractivity contribution is 1.29. The summed E-state index contributed by atoms with van der Waals surface area (Å²) in [5.74, 6) is 1.34. The van der Waals surface area contributed by atoms with Crippen LogP contribution in [0, 0.1) is 0 Å². The number of aromatic amines is 1. The number of aromatic nitrogens is 3. The molecule has 1 N–H and O–H groups in total. The van der Waals surface area contributed by atoms with Gasteiger partial charge in [0.15, 0.2) is 5.65 Å². The topological polar surface area (TPSA) is 41.6 Å². The van der Waals surface area contributed by atoms with Gasteiger partial charge in [-0.15, -0.1) is 11.6 Å². The standard InChI is InChI=1S/C13H9BrClN3/c14-10-5-11-13(16-7-10)18-12(17-11)9-3-1-8(6-15)2-4-9/h1-5,7H,6H2,(H,16,17,18). The summed E-state index contributed by atoms with van der Waals surface area (Å²) in [6.07, 6.45) is 1.74. The fourth-order valence-electron chi connectivity index (χ4n) is 1.76. The quantitative estimate of drug-likeness (QED) is 0.721. The normalized spacial score (nSPS) is 11.0. The Bertz CT molecular complexity index is 691. The Morgan fingerprint density at radius 3 is 2.72 bits per heavy atom. The number of H-pyrrole nitrogens is 1. The highest BCUT2D eigenvalue weighted by Crippen LogP contribution is 2.22. The second kappa shape index (κ2) is 4.71. The zero-order valence-electron chi connectivity index (χ0n) is 9.32. The highest BCUT2D eigenvalue weighted by Gasteiger charge is 2.06. The van der Waals surface area contributed by atoms with Crippen LogP contribution in [0.2, 0.25) is 0 Å². The van der Waals surface area contributed by atoms with Crippen molar-refractivity contribution >= 4 is 38.7 Å². The fourth-order valence-corrected chi connectivity index (χ4v) is 2.27. The van der Waals surface area contributed by atoms with Crippen LogP contribution in [-0.4, -0.2) is 15.0 Å². The van der Waals surface area contributed by atoms with Crippen molar-refractivity contribution in [1.29, 1.82) is 0 Å². The monoisotopic (exact) mass is 321 g/mol. The Morgan fingerprint density at radius 1 is 1.22 bits per heavy atom. The number of alkyl halides is 1. The minimum Gasteiger partial charge on any atom is -0.337 e. The molecule has 2 heterocycles. The van der Waals surface area contributed by atoms with Gasteiger partial charge in [-0.05, 0) is 27.6 Å². The van der Waals surface area contributed by atoms with Crippen LogP contribution in [0.3, 0.4) is 0 Å². The first kappa shape index (κ1) is 11.7. The molecule has 0 amide bonds. The second-order valence-corrected chi connectivity index (χ2v) is 5.12. The smallest absolute Gasteiger partial charge is 0.178 e. The molecule has 0 aliphatic rings. The Hall–Kier alpha value is -1.39. The molecule has 3 rings (SSSR count). The summed E-state index contributed by atoms with van der Waals surface area (Å²) in [4.78, 5) is 12.0. The van der Waals surface area contributed by atoms with E-state index in [9.17, 15) is 0 Å². The van der Waals surface area contributed by atoms with Crippen molar-refractivity contribution in [3.05, 3.63) is 46.6 Å². The highest BCUT2D eigenvalue weighted by atomic mass is 79.9. The molecule has 3 nitrogen and oxygen atoms in total. The molecule has 0 fully saturated rings. The van der Waals surface area contributed by atoms with Gasteiger partial charge in [0.1, 0.15) is 5.82 Å². The van der Waals surface area contributed by atoms with Gasteiger partial charge in [-0.1, -0.05) is 24.3 Å². The summed E-state index contributed by atoms with van der Waals surface area (Å²) in [7, 11) is 0. The minimum atomic E-state index is 0.523. The number of nitrogens with one attached hydrogen (secondary N) is 1. The number of rotatable bonds is 2. The van der Waals surface area contributed by atoms with E-state index in [1.807, 2.05) is 30.3 Å². The number of benzene rings is 1. The summed E-state index contributed by atoms with van der Waals surface area (Å²) < 4.78 is 0.933. The number of hydrogen-bond acceptors (Lipinski definition) is 2. The number of pyridine rings is 1. The number of imidazole rings is 1. The SMILES string of the molecule is ClCc1ccc(-c2nc3ncc(Br)cc3[nH]2)cc1. The van der Waals surface area contributed by atoms with E-state index in [0.29, 0.717) is 5.88 Å². The summed E-state index contributed by atoms with van der Waals surface area (Å²) in [5, 5.41) is 0. The summed E-state index contributed by atoms with van der Waals surface area (Å²) in [5.41, 5.74) is 3.76. The number of hydrogen-bond donors (Lipinski definition) is 1. The van der Waals surface area contributed by atoms with E-state index >= 15 is 0 Å². The van der Waals surface area contributed by atoms with Gasteiger partial charge < -0.3 is 4.98 Å². The van der Waals surface area contributed by atoms with Crippen molar-refractivity contribution in [2.45, 2.75) is 5.88 Å². The fraction of sp³-hybridized carbons (Fsp3) is 0.0769. The molecule has 0 spiro atoms. The third-order valence-corrected chi connectivity index (χ3v) is 3.43. The van der Waals surface area contributed by atoms with Crippen LogP contribution in [0.25, 0.3) is 22.6 Å². The maximum atomic E-state index is 5.77. The van der Waals surface area contributed by atoms with Crippen LogP contribution >= 0.6 is 27.5 Å². The lowest BCUT2D eigenvalue weighted by atomic mass is 10.1. The Balaban J connectivity index is 2.07. The van der Waals surface area contributed by atoms with Gasteiger partial charge in [0.2, 0.25) is 0 Å². The van der Waals surface area contributed by atoms with Crippen molar-refractivity contribution in [2.24, 2.45) is 0 Å². The van der Waals surface area contributed by atoms with Crippen LogP contribution in [0.4, 0.5) is 0 Å². The first-order valence-corrected chi connectivity index (χ1v) is 6.75. The average molecular weight is 323 g/mol. The van der Waals surface area contributed by atoms with Gasteiger partial charge >= 0.3 is 0 Å². The van der Waals surface area contributed by atoms with E-state index in [-0.39, 0.29) is 0 Å². The zero-order valence-corrected chi connectivity index (χ0v) is 11.7. The van der Waals surface area contributed by atoms with Crippen LogP contribution in [-0.2, 0) is 5.88 Å². The van der Waals surface area contributed by atoms with E-state index in [1.165, 1.54) is 0 Å².